The maximum Gasteiger partial charge on any atom is 0.573 e. The number of alkyl halides is 3. The minimum Gasteiger partial charge on any atom is -0.438 e. The molecule has 29 heavy (non-hydrogen) atoms. The van der Waals surface area contributed by atoms with Gasteiger partial charge < -0.3 is 14.8 Å². The Labute approximate surface area is 164 Å². The summed E-state index contributed by atoms with van der Waals surface area (Å²) in [7, 11) is 0. The van der Waals surface area contributed by atoms with Crippen LogP contribution in [-0.4, -0.2) is 23.8 Å². The van der Waals surface area contributed by atoms with Crippen LogP contribution >= 0.6 is 0 Å². The third-order valence-electron chi connectivity index (χ3n) is 3.97. The monoisotopic (exact) mass is 409 g/mol. The van der Waals surface area contributed by atoms with E-state index < -0.39 is 12.0 Å². The molecule has 0 saturated heterocycles. The third kappa shape index (κ3) is 5.17. The number of rotatable bonds is 6. The Kier molecular flexibility index (Phi) is 5.64. The molecule has 0 bridgehead atoms. The number of nitrogens with zero attached hydrogens (tertiary/aromatic N) is 1. The highest BCUT2D eigenvalue weighted by Gasteiger charge is 2.34. The molecule has 1 aliphatic rings. The van der Waals surface area contributed by atoms with Crippen molar-refractivity contribution in [1.29, 1.82) is 0 Å². The normalized spacial score (nSPS) is 18.6. The van der Waals surface area contributed by atoms with Crippen molar-refractivity contribution in [3.8, 4) is 11.5 Å². The van der Waals surface area contributed by atoms with Gasteiger partial charge in [-0.25, -0.2) is 10.5 Å². The lowest BCUT2D eigenvalue weighted by atomic mass is 9.96. The molecule has 2 heterocycles. The summed E-state index contributed by atoms with van der Waals surface area (Å²) in [4.78, 5) is 21.3. The molecule has 1 atom stereocenters. The number of hydroxylamine groups is 1. The molecule has 0 unspecified atom stereocenters. The summed E-state index contributed by atoms with van der Waals surface area (Å²) in [6.45, 7) is 4.02. The lowest BCUT2D eigenvalue weighted by molar-refractivity contribution is -0.274. The van der Waals surface area contributed by atoms with Gasteiger partial charge in [0, 0.05) is 12.6 Å². The highest BCUT2D eigenvalue weighted by molar-refractivity contribution is 5.92. The first kappa shape index (κ1) is 20.5. The zero-order chi connectivity index (χ0) is 21.1. The van der Waals surface area contributed by atoms with Crippen LogP contribution in [0, 0.1) is 0 Å². The van der Waals surface area contributed by atoms with Crippen LogP contribution in [-0.2, 0) is 10.4 Å². The standard InChI is InChI=1S/C19H18F3N3O4/c1-3-23-17(26)15-9-8-14(11-24-15)27-16-10-18(2,29-25-16)12-4-6-13(7-5-12)28-19(20,21)22/h4-11,25H,3H2,1-2H3,(H,23,26)/t18-/m0/s1. The molecule has 0 saturated carbocycles. The summed E-state index contributed by atoms with van der Waals surface area (Å²) in [5.41, 5.74) is 2.50. The van der Waals surface area contributed by atoms with Crippen molar-refractivity contribution >= 4 is 5.91 Å². The van der Waals surface area contributed by atoms with E-state index in [0.29, 0.717) is 17.9 Å². The summed E-state index contributed by atoms with van der Waals surface area (Å²) >= 11 is 0. The van der Waals surface area contributed by atoms with Crippen molar-refractivity contribution in [3.63, 3.8) is 0 Å². The zero-order valence-electron chi connectivity index (χ0n) is 15.5. The average molecular weight is 409 g/mol. The number of carbonyl (C=O) groups is 1. The lowest BCUT2D eigenvalue weighted by Crippen LogP contribution is -2.24. The molecular weight excluding hydrogens is 391 g/mol. The summed E-state index contributed by atoms with van der Waals surface area (Å²) in [5.74, 6) is 0.0369. The van der Waals surface area contributed by atoms with E-state index in [9.17, 15) is 18.0 Å². The first-order valence-electron chi connectivity index (χ1n) is 8.64. The van der Waals surface area contributed by atoms with Crippen LogP contribution < -0.4 is 20.3 Å². The molecule has 10 heteroatoms. The Morgan fingerprint density at radius 3 is 2.48 bits per heavy atom. The fourth-order valence-corrected chi connectivity index (χ4v) is 2.60. The number of aromatic nitrogens is 1. The molecule has 1 amide bonds. The molecule has 3 rings (SSSR count). The Bertz CT molecular complexity index is 898. The minimum absolute atomic E-state index is 0.259. The third-order valence-corrected chi connectivity index (χ3v) is 3.97. The summed E-state index contributed by atoms with van der Waals surface area (Å²) in [6.07, 6.45) is -1.73. The number of ether oxygens (including phenoxy) is 2. The van der Waals surface area contributed by atoms with Gasteiger partial charge in [-0.2, -0.15) is 0 Å². The second kappa shape index (κ2) is 8.00. The quantitative estimate of drug-likeness (QED) is 0.761. The molecule has 2 N–H and O–H groups in total. The van der Waals surface area contributed by atoms with Gasteiger partial charge in [-0.15, -0.1) is 13.2 Å². The number of nitrogens with one attached hydrogen (secondary N) is 2. The van der Waals surface area contributed by atoms with Gasteiger partial charge in [0.2, 0.25) is 5.88 Å². The van der Waals surface area contributed by atoms with Gasteiger partial charge in [0.1, 0.15) is 22.8 Å². The number of benzene rings is 1. The SMILES string of the molecule is CCNC(=O)c1ccc(OC2=C[C@@](C)(c3ccc(OC(F)(F)F)cc3)ON2)cn1. The van der Waals surface area contributed by atoms with Crippen molar-refractivity contribution in [3.05, 3.63) is 65.8 Å². The van der Waals surface area contributed by atoms with Gasteiger partial charge in [-0.05, 0) is 43.7 Å². The van der Waals surface area contributed by atoms with Crippen molar-refractivity contribution in [2.45, 2.75) is 25.8 Å². The van der Waals surface area contributed by atoms with Crippen LogP contribution in [0.2, 0.25) is 0 Å². The van der Waals surface area contributed by atoms with Gasteiger partial charge in [0.15, 0.2) is 0 Å². The summed E-state index contributed by atoms with van der Waals surface area (Å²) in [6, 6.07) is 8.44. The average Bonchev–Trinajstić information content (AvgIpc) is 3.03. The van der Waals surface area contributed by atoms with E-state index >= 15 is 0 Å². The number of hydrogen-bond acceptors (Lipinski definition) is 6. The van der Waals surface area contributed by atoms with E-state index in [2.05, 4.69) is 20.5 Å². The molecule has 0 aliphatic carbocycles. The van der Waals surface area contributed by atoms with Crippen molar-refractivity contribution in [1.82, 2.24) is 15.8 Å². The fourth-order valence-electron chi connectivity index (χ4n) is 2.60. The maximum absolute atomic E-state index is 12.3. The Balaban J connectivity index is 1.68. The second-order valence-corrected chi connectivity index (χ2v) is 6.23. The van der Waals surface area contributed by atoms with Gasteiger partial charge in [-0.3, -0.25) is 9.63 Å². The number of hydrogen-bond donors (Lipinski definition) is 2. The molecule has 0 spiro atoms. The lowest BCUT2D eigenvalue weighted by Gasteiger charge is -2.20. The smallest absolute Gasteiger partial charge is 0.438 e. The first-order valence-corrected chi connectivity index (χ1v) is 8.64. The topological polar surface area (TPSA) is 81.7 Å². The van der Waals surface area contributed by atoms with E-state index in [0.717, 1.165) is 0 Å². The van der Waals surface area contributed by atoms with Gasteiger partial charge in [0.25, 0.3) is 5.91 Å². The van der Waals surface area contributed by atoms with Crippen LogP contribution in [0.3, 0.4) is 0 Å². The Hall–Kier alpha value is -3.27. The van der Waals surface area contributed by atoms with Crippen molar-refractivity contribution in [2.75, 3.05) is 6.54 Å². The second-order valence-electron chi connectivity index (χ2n) is 6.23. The molecule has 7 nitrogen and oxygen atoms in total. The van der Waals surface area contributed by atoms with Crippen LogP contribution in [0.5, 0.6) is 11.5 Å². The molecule has 1 aromatic heterocycles. The number of amides is 1. The fraction of sp³-hybridized carbons (Fsp3) is 0.263. The molecular formula is C19H18F3N3O4. The summed E-state index contributed by atoms with van der Waals surface area (Å²) in [5, 5.41) is 2.64. The molecule has 154 valence electrons. The van der Waals surface area contributed by atoms with E-state index in [1.807, 2.05) is 6.92 Å². The molecule has 0 radical (unpaired) electrons. The maximum atomic E-state index is 12.3. The minimum atomic E-state index is -4.75. The molecule has 2 aromatic rings. The van der Waals surface area contributed by atoms with Crippen LogP contribution in [0.25, 0.3) is 0 Å². The van der Waals surface area contributed by atoms with Gasteiger partial charge in [0.05, 0.1) is 6.20 Å². The molecule has 1 aliphatic heterocycles. The molecule has 0 fully saturated rings. The number of halogens is 3. The first-order chi connectivity index (χ1) is 13.7. The predicted molar refractivity (Wildman–Crippen MR) is 95.7 cm³/mol. The highest BCUT2D eigenvalue weighted by atomic mass is 19.4. The van der Waals surface area contributed by atoms with Crippen molar-refractivity contribution in [2.24, 2.45) is 0 Å². The number of carbonyl (C=O) groups excluding carboxylic acids is 1. The van der Waals surface area contributed by atoms with Crippen molar-refractivity contribution < 1.29 is 32.3 Å². The number of pyridine rings is 1. The Morgan fingerprint density at radius 1 is 1.21 bits per heavy atom. The van der Waals surface area contributed by atoms with E-state index in [4.69, 9.17) is 9.57 Å². The highest BCUT2D eigenvalue weighted by Crippen LogP contribution is 2.33. The van der Waals surface area contributed by atoms with Crippen LogP contribution in [0.1, 0.15) is 29.9 Å². The van der Waals surface area contributed by atoms with E-state index in [1.54, 1.807) is 19.1 Å². The largest absolute Gasteiger partial charge is 0.573 e. The van der Waals surface area contributed by atoms with E-state index in [1.165, 1.54) is 36.5 Å². The predicted octanol–water partition coefficient (Wildman–Crippen LogP) is 3.40. The Morgan fingerprint density at radius 2 is 1.90 bits per heavy atom. The van der Waals surface area contributed by atoms with Gasteiger partial charge in [-0.1, -0.05) is 12.1 Å². The van der Waals surface area contributed by atoms with Crippen LogP contribution in [0.15, 0.2) is 54.6 Å². The summed E-state index contributed by atoms with van der Waals surface area (Å²) < 4.78 is 46.3. The molecule has 1 aromatic carbocycles. The van der Waals surface area contributed by atoms with Crippen LogP contribution in [0.4, 0.5) is 13.2 Å². The zero-order valence-corrected chi connectivity index (χ0v) is 15.5. The van der Waals surface area contributed by atoms with Gasteiger partial charge >= 0.3 is 6.36 Å². The van der Waals surface area contributed by atoms with E-state index in [-0.39, 0.29) is 23.2 Å².